The Hall–Kier alpha value is -1.84. The molecule has 0 atom stereocenters. The number of carbonyl (C=O) groups is 2. The molecule has 3 rings (SSSR count). The highest BCUT2D eigenvalue weighted by molar-refractivity contribution is 6.05. The molecule has 2 aliphatic rings. The molecule has 1 saturated carbocycles. The fourth-order valence-corrected chi connectivity index (χ4v) is 3.55. The number of hydrogen-bond donors (Lipinski definition) is 0. The van der Waals surface area contributed by atoms with E-state index in [0.29, 0.717) is 13.0 Å². The topological polar surface area (TPSA) is 46.6 Å². The number of hydrogen-bond acceptors (Lipinski definition) is 3. The number of rotatable bonds is 3. The van der Waals surface area contributed by atoms with E-state index in [9.17, 15) is 9.59 Å². The van der Waals surface area contributed by atoms with Gasteiger partial charge in [0.1, 0.15) is 5.75 Å². The molecule has 1 aliphatic heterocycles. The fraction of sp³-hybridized carbons (Fsp3) is 0.529. The molecule has 2 fully saturated rings. The number of imide groups is 1. The number of methoxy groups -OCH3 is 1. The van der Waals surface area contributed by atoms with E-state index in [1.165, 1.54) is 11.3 Å². The largest absolute Gasteiger partial charge is 0.497 e. The Morgan fingerprint density at radius 2 is 1.76 bits per heavy atom. The summed E-state index contributed by atoms with van der Waals surface area (Å²) in [5.41, 5.74) is 0.576. The minimum atomic E-state index is -0.387. The summed E-state index contributed by atoms with van der Waals surface area (Å²) >= 11 is 0. The van der Waals surface area contributed by atoms with E-state index >= 15 is 0 Å². The molecule has 0 unspecified atom stereocenters. The monoisotopic (exact) mass is 287 g/mol. The maximum atomic E-state index is 12.7. The number of nitrogens with zero attached hydrogens (tertiary/aromatic N) is 1. The molecule has 4 heteroatoms. The van der Waals surface area contributed by atoms with Crippen LogP contribution in [0.4, 0.5) is 0 Å². The summed E-state index contributed by atoms with van der Waals surface area (Å²) in [6.07, 6.45) is 5.46. The molecular formula is C17H21NO3. The van der Waals surface area contributed by atoms with Gasteiger partial charge in [0.2, 0.25) is 11.8 Å². The molecule has 0 aromatic heterocycles. The van der Waals surface area contributed by atoms with Crippen molar-refractivity contribution in [2.75, 3.05) is 7.11 Å². The van der Waals surface area contributed by atoms with Gasteiger partial charge in [0.05, 0.1) is 19.1 Å². The number of amides is 2. The minimum Gasteiger partial charge on any atom is -0.497 e. The van der Waals surface area contributed by atoms with E-state index in [-0.39, 0.29) is 17.2 Å². The average molecular weight is 287 g/mol. The van der Waals surface area contributed by atoms with E-state index in [0.717, 1.165) is 37.0 Å². The van der Waals surface area contributed by atoms with Crippen LogP contribution in [-0.4, -0.2) is 23.8 Å². The van der Waals surface area contributed by atoms with Crippen LogP contribution in [0.5, 0.6) is 5.75 Å². The first kappa shape index (κ1) is 14.1. The summed E-state index contributed by atoms with van der Waals surface area (Å²) in [6.45, 7) is 0.378. The van der Waals surface area contributed by atoms with Crippen LogP contribution in [0.2, 0.25) is 0 Å². The first-order valence-electron chi connectivity index (χ1n) is 7.62. The van der Waals surface area contributed by atoms with Crippen LogP contribution >= 0.6 is 0 Å². The predicted molar refractivity (Wildman–Crippen MR) is 78.7 cm³/mol. The average Bonchev–Trinajstić information content (AvgIpc) is 2.73. The molecule has 1 saturated heterocycles. The fourth-order valence-electron chi connectivity index (χ4n) is 3.55. The highest BCUT2D eigenvalue weighted by atomic mass is 16.5. The zero-order valence-electron chi connectivity index (χ0n) is 12.4. The van der Waals surface area contributed by atoms with Crippen molar-refractivity contribution in [3.05, 3.63) is 29.8 Å². The van der Waals surface area contributed by atoms with Gasteiger partial charge in [-0.25, -0.2) is 0 Å². The van der Waals surface area contributed by atoms with E-state index in [1.54, 1.807) is 7.11 Å². The number of likely N-dealkylation sites (tertiary alicyclic amines) is 1. The lowest BCUT2D eigenvalue weighted by Crippen LogP contribution is -2.36. The smallest absolute Gasteiger partial charge is 0.236 e. The highest BCUT2D eigenvalue weighted by Crippen LogP contribution is 2.45. The molecule has 112 valence electrons. The summed E-state index contributed by atoms with van der Waals surface area (Å²) in [7, 11) is 1.62. The predicted octanol–water partition coefficient (Wildman–Crippen LogP) is 2.90. The normalized spacial score (nSPS) is 21.1. The van der Waals surface area contributed by atoms with E-state index in [1.807, 2.05) is 24.3 Å². The van der Waals surface area contributed by atoms with Crippen molar-refractivity contribution in [2.45, 2.75) is 45.1 Å². The molecule has 0 radical (unpaired) electrons. The van der Waals surface area contributed by atoms with Gasteiger partial charge in [0.25, 0.3) is 0 Å². The molecule has 1 aromatic carbocycles. The Kier molecular flexibility index (Phi) is 3.70. The molecule has 4 nitrogen and oxygen atoms in total. The van der Waals surface area contributed by atoms with Crippen LogP contribution in [0.25, 0.3) is 0 Å². The second-order valence-electron chi connectivity index (χ2n) is 6.15. The lowest BCUT2D eigenvalue weighted by atomic mass is 9.73. The Labute approximate surface area is 125 Å². The van der Waals surface area contributed by atoms with Crippen LogP contribution < -0.4 is 4.74 Å². The van der Waals surface area contributed by atoms with Crippen molar-refractivity contribution in [2.24, 2.45) is 5.41 Å². The molecular weight excluding hydrogens is 266 g/mol. The third-order valence-corrected chi connectivity index (χ3v) is 4.80. The van der Waals surface area contributed by atoms with E-state index in [4.69, 9.17) is 4.74 Å². The summed E-state index contributed by atoms with van der Waals surface area (Å²) in [4.78, 5) is 26.4. The molecule has 2 amide bonds. The first-order chi connectivity index (χ1) is 10.1. The van der Waals surface area contributed by atoms with Gasteiger partial charge >= 0.3 is 0 Å². The van der Waals surface area contributed by atoms with Gasteiger partial charge < -0.3 is 4.74 Å². The zero-order chi connectivity index (χ0) is 14.9. The Bertz CT molecular complexity index is 544. The maximum Gasteiger partial charge on any atom is 0.236 e. The van der Waals surface area contributed by atoms with Crippen molar-refractivity contribution in [3.8, 4) is 5.75 Å². The van der Waals surface area contributed by atoms with Crippen molar-refractivity contribution >= 4 is 11.8 Å². The molecule has 1 spiro atoms. The third-order valence-electron chi connectivity index (χ3n) is 4.80. The Balaban J connectivity index is 1.75. The Morgan fingerprint density at radius 3 is 2.38 bits per heavy atom. The van der Waals surface area contributed by atoms with Crippen LogP contribution in [0.1, 0.15) is 44.1 Å². The first-order valence-corrected chi connectivity index (χ1v) is 7.62. The van der Waals surface area contributed by atoms with Crippen LogP contribution in [0.15, 0.2) is 24.3 Å². The molecule has 0 N–H and O–H groups in total. The van der Waals surface area contributed by atoms with Crippen molar-refractivity contribution in [3.63, 3.8) is 0 Å². The van der Waals surface area contributed by atoms with Gasteiger partial charge in [0.15, 0.2) is 0 Å². The summed E-state index contributed by atoms with van der Waals surface area (Å²) in [5, 5.41) is 0. The molecule has 1 aliphatic carbocycles. The number of carbonyl (C=O) groups excluding carboxylic acids is 2. The lowest BCUT2D eigenvalue weighted by molar-refractivity contribution is -0.142. The highest BCUT2D eigenvalue weighted by Gasteiger charge is 2.51. The maximum absolute atomic E-state index is 12.7. The number of benzene rings is 1. The summed E-state index contributed by atoms with van der Waals surface area (Å²) in [6, 6.07) is 7.53. The van der Waals surface area contributed by atoms with Crippen LogP contribution in [-0.2, 0) is 16.1 Å². The second-order valence-corrected chi connectivity index (χ2v) is 6.15. The summed E-state index contributed by atoms with van der Waals surface area (Å²) < 4.78 is 5.12. The van der Waals surface area contributed by atoms with Gasteiger partial charge in [-0.2, -0.15) is 0 Å². The standard InChI is InChI=1S/C17H21NO3/c1-21-14-7-5-13(6-8-14)12-18-15(19)11-17(16(18)20)9-3-2-4-10-17/h5-8H,2-4,9-12H2,1H3. The van der Waals surface area contributed by atoms with Crippen molar-refractivity contribution in [1.82, 2.24) is 4.90 Å². The minimum absolute atomic E-state index is 0.0160. The lowest BCUT2D eigenvalue weighted by Gasteiger charge is -2.30. The number of ether oxygens (including phenoxy) is 1. The second kappa shape index (κ2) is 5.51. The molecule has 0 bridgehead atoms. The molecule has 21 heavy (non-hydrogen) atoms. The van der Waals surface area contributed by atoms with Gasteiger partial charge in [0, 0.05) is 6.42 Å². The van der Waals surface area contributed by atoms with Crippen LogP contribution in [0, 0.1) is 5.41 Å². The van der Waals surface area contributed by atoms with E-state index < -0.39 is 0 Å². The Morgan fingerprint density at radius 1 is 1.10 bits per heavy atom. The van der Waals surface area contributed by atoms with Gasteiger partial charge in [-0.15, -0.1) is 0 Å². The van der Waals surface area contributed by atoms with Gasteiger partial charge in [-0.3, -0.25) is 14.5 Å². The van der Waals surface area contributed by atoms with E-state index in [2.05, 4.69) is 0 Å². The van der Waals surface area contributed by atoms with Crippen molar-refractivity contribution < 1.29 is 14.3 Å². The summed E-state index contributed by atoms with van der Waals surface area (Å²) in [5.74, 6) is 0.808. The van der Waals surface area contributed by atoms with Gasteiger partial charge in [-0.05, 0) is 30.5 Å². The SMILES string of the molecule is COc1ccc(CN2C(=O)CC3(CCCCC3)C2=O)cc1. The quantitative estimate of drug-likeness (QED) is 0.803. The van der Waals surface area contributed by atoms with Gasteiger partial charge in [-0.1, -0.05) is 31.4 Å². The molecule has 1 aromatic rings. The van der Waals surface area contributed by atoms with Crippen molar-refractivity contribution in [1.29, 1.82) is 0 Å². The third kappa shape index (κ3) is 2.55. The molecule has 1 heterocycles. The zero-order valence-corrected chi connectivity index (χ0v) is 12.4. The van der Waals surface area contributed by atoms with Crippen LogP contribution in [0.3, 0.4) is 0 Å².